The van der Waals surface area contributed by atoms with E-state index in [1.165, 1.54) is 24.0 Å². The van der Waals surface area contributed by atoms with Gasteiger partial charge in [0, 0.05) is 51.6 Å². The van der Waals surface area contributed by atoms with Crippen LogP contribution in [-0.4, -0.2) is 48.3 Å². The van der Waals surface area contributed by atoms with Crippen LogP contribution < -0.4 is 0 Å². The van der Waals surface area contributed by atoms with Crippen LogP contribution >= 0.6 is 0 Å². The Balaban J connectivity index is 1.73. The summed E-state index contributed by atoms with van der Waals surface area (Å²) < 4.78 is 0. The van der Waals surface area contributed by atoms with Crippen molar-refractivity contribution in [1.29, 1.82) is 0 Å². The van der Waals surface area contributed by atoms with Crippen molar-refractivity contribution in [2.24, 2.45) is 5.92 Å². The van der Waals surface area contributed by atoms with Gasteiger partial charge in [0.2, 0.25) is 0 Å². The van der Waals surface area contributed by atoms with Gasteiger partial charge in [-0.2, -0.15) is 0 Å². The van der Waals surface area contributed by atoms with Crippen LogP contribution in [0.2, 0.25) is 0 Å². The zero-order valence-electron chi connectivity index (χ0n) is 16.6. The Morgan fingerprint density at radius 3 is 2.16 bits per heavy atom. The molecule has 1 heterocycles. The normalized spacial score (nSPS) is 17.8. The Morgan fingerprint density at radius 1 is 1.00 bits per heavy atom. The molecule has 1 aromatic carbocycles. The van der Waals surface area contributed by atoms with E-state index in [2.05, 4.69) is 47.9 Å². The van der Waals surface area contributed by atoms with Gasteiger partial charge in [-0.15, -0.1) is 0 Å². The van der Waals surface area contributed by atoms with E-state index in [9.17, 15) is 4.79 Å². The molecule has 0 amide bonds. The number of nitrogens with zero attached hydrogens (tertiary/aromatic N) is 2. The van der Waals surface area contributed by atoms with E-state index in [1.807, 2.05) is 13.8 Å². The van der Waals surface area contributed by atoms with Gasteiger partial charge in [-0.25, -0.2) is 0 Å². The molecule has 0 spiro atoms. The van der Waals surface area contributed by atoms with Gasteiger partial charge in [-0.3, -0.25) is 9.69 Å². The van der Waals surface area contributed by atoms with Gasteiger partial charge in [-0.1, -0.05) is 58.4 Å². The molecule has 2 rings (SSSR count). The van der Waals surface area contributed by atoms with Crippen molar-refractivity contribution < 1.29 is 4.79 Å². The molecule has 1 atom stereocenters. The van der Waals surface area contributed by atoms with Gasteiger partial charge in [0.25, 0.3) is 0 Å². The number of benzene rings is 1. The minimum Gasteiger partial charge on any atom is -0.300 e. The first-order valence-electron chi connectivity index (χ1n) is 10.1. The van der Waals surface area contributed by atoms with Crippen LogP contribution in [0.4, 0.5) is 0 Å². The number of hydrogen-bond donors (Lipinski definition) is 0. The van der Waals surface area contributed by atoms with Crippen LogP contribution in [0, 0.1) is 5.92 Å². The molecule has 25 heavy (non-hydrogen) atoms. The molecule has 3 heteroatoms. The van der Waals surface area contributed by atoms with E-state index in [0.717, 1.165) is 39.3 Å². The molecular formula is C22H36N2O. The SMILES string of the molecule is CCCC(C)c1ccc(CN2CCN(CCC(=O)C(C)C)CC2)cc1. The van der Waals surface area contributed by atoms with E-state index >= 15 is 0 Å². The van der Waals surface area contributed by atoms with Crippen molar-refractivity contribution in [3.8, 4) is 0 Å². The Hall–Kier alpha value is -1.19. The van der Waals surface area contributed by atoms with Gasteiger partial charge in [0.05, 0.1) is 0 Å². The van der Waals surface area contributed by atoms with Crippen LogP contribution in [-0.2, 0) is 11.3 Å². The van der Waals surface area contributed by atoms with Crippen molar-refractivity contribution in [3.05, 3.63) is 35.4 Å². The Kier molecular flexibility index (Phi) is 8.11. The summed E-state index contributed by atoms with van der Waals surface area (Å²) in [5.41, 5.74) is 2.88. The maximum absolute atomic E-state index is 11.8. The molecule has 0 aromatic heterocycles. The van der Waals surface area contributed by atoms with E-state index in [1.54, 1.807) is 0 Å². The predicted molar refractivity (Wildman–Crippen MR) is 106 cm³/mol. The van der Waals surface area contributed by atoms with Crippen LogP contribution in [0.1, 0.15) is 64.0 Å². The minimum absolute atomic E-state index is 0.171. The average Bonchev–Trinajstić information content (AvgIpc) is 2.61. The van der Waals surface area contributed by atoms with Crippen molar-refractivity contribution >= 4 is 5.78 Å². The van der Waals surface area contributed by atoms with Crippen LogP contribution in [0.15, 0.2) is 24.3 Å². The minimum atomic E-state index is 0.171. The highest BCUT2D eigenvalue weighted by Crippen LogP contribution is 2.21. The molecule has 0 bridgehead atoms. The molecule has 1 fully saturated rings. The van der Waals surface area contributed by atoms with Gasteiger partial charge < -0.3 is 4.90 Å². The number of carbonyl (C=O) groups excluding carboxylic acids is 1. The zero-order valence-corrected chi connectivity index (χ0v) is 16.6. The Bertz CT molecular complexity index is 515. The first-order valence-corrected chi connectivity index (χ1v) is 10.1. The highest BCUT2D eigenvalue weighted by molar-refractivity contribution is 5.80. The topological polar surface area (TPSA) is 23.6 Å². The molecular weight excluding hydrogens is 308 g/mol. The molecule has 1 aliphatic heterocycles. The maximum atomic E-state index is 11.8. The third-order valence-electron chi connectivity index (χ3n) is 5.46. The summed E-state index contributed by atoms with van der Waals surface area (Å²) in [5, 5.41) is 0. The summed E-state index contributed by atoms with van der Waals surface area (Å²) in [6.07, 6.45) is 3.21. The molecule has 3 nitrogen and oxygen atoms in total. The van der Waals surface area contributed by atoms with Crippen LogP contribution in [0.25, 0.3) is 0 Å². The molecule has 0 N–H and O–H groups in total. The quantitative estimate of drug-likeness (QED) is 0.666. The molecule has 140 valence electrons. The second kappa shape index (κ2) is 10.1. The highest BCUT2D eigenvalue weighted by atomic mass is 16.1. The molecule has 1 aliphatic rings. The van der Waals surface area contributed by atoms with E-state index in [-0.39, 0.29) is 5.92 Å². The smallest absolute Gasteiger partial charge is 0.136 e. The third kappa shape index (κ3) is 6.56. The van der Waals surface area contributed by atoms with Gasteiger partial charge in [0.15, 0.2) is 0 Å². The Morgan fingerprint density at radius 2 is 1.60 bits per heavy atom. The molecule has 0 aliphatic carbocycles. The predicted octanol–water partition coefficient (Wildman–Crippen LogP) is 4.32. The molecule has 1 saturated heterocycles. The molecule has 1 unspecified atom stereocenters. The number of piperazine rings is 1. The number of Topliss-reactive ketones (excluding diaryl/α,β-unsaturated/α-hetero) is 1. The summed E-state index contributed by atoms with van der Waals surface area (Å²) >= 11 is 0. The molecule has 1 aromatic rings. The standard InChI is InChI=1S/C22H36N2O/c1-5-6-19(4)21-9-7-20(8-10-21)17-24-15-13-23(14-16-24)12-11-22(25)18(2)3/h7-10,18-19H,5-6,11-17H2,1-4H3. The first-order chi connectivity index (χ1) is 12.0. The molecule has 0 saturated carbocycles. The summed E-state index contributed by atoms with van der Waals surface area (Å²) in [6.45, 7) is 14.9. The van der Waals surface area contributed by atoms with Gasteiger partial charge in [-0.05, 0) is 23.5 Å². The monoisotopic (exact) mass is 344 g/mol. The lowest BCUT2D eigenvalue weighted by Crippen LogP contribution is -2.46. The lowest BCUT2D eigenvalue weighted by Gasteiger charge is -2.34. The van der Waals surface area contributed by atoms with Crippen molar-refractivity contribution in [1.82, 2.24) is 9.80 Å². The third-order valence-corrected chi connectivity index (χ3v) is 5.46. The molecule has 0 radical (unpaired) electrons. The lowest BCUT2D eigenvalue weighted by atomic mass is 9.95. The first kappa shape index (κ1) is 20.1. The van der Waals surface area contributed by atoms with Crippen molar-refractivity contribution in [2.75, 3.05) is 32.7 Å². The fourth-order valence-corrected chi connectivity index (χ4v) is 3.54. The lowest BCUT2D eigenvalue weighted by molar-refractivity contribution is -0.122. The van der Waals surface area contributed by atoms with Crippen LogP contribution in [0.3, 0.4) is 0 Å². The average molecular weight is 345 g/mol. The van der Waals surface area contributed by atoms with E-state index < -0.39 is 0 Å². The van der Waals surface area contributed by atoms with E-state index in [4.69, 9.17) is 0 Å². The zero-order chi connectivity index (χ0) is 18.2. The number of ketones is 1. The van der Waals surface area contributed by atoms with Crippen molar-refractivity contribution in [2.45, 2.75) is 59.4 Å². The summed E-state index contributed by atoms with van der Waals surface area (Å²) in [7, 11) is 0. The second-order valence-corrected chi connectivity index (χ2v) is 7.92. The summed E-state index contributed by atoms with van der Waals surface area (Å²) in [5.74, 6) is 1.22. The van der Waals surface area contributed by atoms with E-state index in [0.29, 0.717) is 18.1 Å². The largest absolute Gasteiger partial charge is 0.300 e. The van der Waals surface area contributed by atoms with Gasteiger partial charge in [0.1, 0.15) is 5.78 Å². The van der Waals surface area contributed by atoms with Gasteiger partial charge >= 0.3 is 0 Å². The fourth-order valence-electron chi connectivity index (χ4n) is 3.54. The Labute approximate surface area is 154 Å². The summed E-state index contributed by atoms with van der Waals surface area (Å²) in [4.78, 5) is 16.7. The number of carbonyl (C=O) groups is 1. The van der Waals surface area contributed by atoms with Crippen molar-refractivity contribution in [3.63, 3.8) is 0 Å². The second-order valence-electron chi connectivity index (χ2n) is 7.92. The highest BCUT2D eigenvalue weighted by Gasteiger charge is 2.18. The maximum Gasteiger partial charge on any atom is 0.136 e. The summed E-state index contributed by atoms with van der Waals surface area (Å²) in [6, 6.07) is 9.22. The fraction of sp³-hybridized carbons (Fsp3) is 0.682. The van der Waals surface area contributed by atoms with Crippen LogP contribution in [0.5, 0.6) is 0 Å². The number of hydrogen-bond acceptors (Lipinski definition) is 3. The number of rotatable bonds is 9.